The molecule has 0 saturated heterocycles. The first kappa shape index (κ1) is 14.8. The molecule has 0 aromatic heterocycles. The fraction of sp³-hybridized carbons (Fsp3) is 0.188. The van der Waals surface area contributed by atoms with Gasteiger partial charge in [0.2, 0.25) is 0 Å². The summed E-state index contributed by atoms with van der Waals surface area (Å²) in [4.78, 5) is 11.7. The van der Waals surface area contributed by atoms with Crippen LogP contribution >= 0.6 is 0 Å². The Hall–Kier alpha value is -2.56. The minimum Gasteiger partial charge on any atom is -0.489 e. The topological polar surface area (TPSA) is 50.4 Å². The number of rotatable bonds is 6. The molecule has 0 radical (unpaired) electrons. The maximum atomic E-state index is 13.4. The van der Waals surface area contributed by atoms with Gasteiger partial charge >= 0.3 is 0 Å². The van der Waals surface area contributed by atoms with Crippen LogP contribution in [0.25, 0.3) is 0 Å². The Balaban J connectivity index is 1.90. The van der Waals surface area contributed by atoms with Crippen LogP contribution in [0, 0.1) is 5.82 Å². The highest BCUT2D eigenvalue weighted by Gasteiger charge is 2.08. The van der Waals surface area contributed by atoms with Crippen LogP contribution in [0.15, 0.2) is 48.5 Å². The maximum absolute atomic E-state index is 13.4. The van der Waals surface area contributed by atoms with Gasteiger partial charge in [-0.15, -0.1) is 0 Å². The molecule has 4 nitrogen and oxygen atoms in total. The van der Waals surface area contributed by atoms with E-state index < -0.39 is 0 Å². The summed E-state index contributed by atoms with van der Waals surface area (Å²) in [5.41, 5.74) is 1.28. The Bertz CT molecular complexity index is 617. The highest BCUT2D eigenvalue weighted by Crippen LogP contribution is 2.16. The van der Waals surface area contributed by atoms with Crippen LogP contribution in [0.1, 0.15) is 10.4 Å². The number of amides is 1. The number of benzene rings is 2. The summed E-state index contributed by atoms with van der Waals surface area (Å²) < 4.78 is 18.7. The average Bonchev–Trinajstić information content (AvgIpc) is 2.52. The molecule has 21 heavy (non-hydrogen) atoms. The minimum absolute atomic E-state index is 0.159. The van der Waals surface area contributed by atoms with Crippen molar-refractivity contribution in [3.8, 4) is 5.75 Å². The fourth-order valence-corrected chi connectivity index (χ4v) is 1.88. The largest absolute Gasteiger partial charge is 0.489 e. The van der Waals surface area contributed by atoms with Crippen molar-refractivity contribution >= 4 is 11.6 Å². The van der Waals surface area contributed by atoms with Gasteiger partial charge in [0.05, 0.1) is 5.56 Å². The number of ether oxygens (including phenoxy) is 1. The lowest BCUT2D eigenvalue weighted by Crippen LogP contribution is -2.20. The first-order valence-corrected chi connectivity index (χ1v) is 6.64. The normalized spacial score (nSPS) is 10.0. The second kappa shape index (κ2) is 7.28. The molecule has 0 aliphatic carbocycles. The number of anilines is 1. The van der Waals surface area contributed by atoms with Gasteiger partial charge < -0.3 is 15.4 Å². The molecular weight excluding hydrogens is 271 g/mol. The first-order valence-electron chi connectivity index (χ1n) is 6.64. The molecule has 0 heterocycles. The zero-order chi connectivity index (χ0) is 15.1. The maximum Gasteiger partial charge on any atom is 0.253 e. The van der Waals surface area contributed by atoms with Gasteiger partial charge in [-0.05, 0) is 24.3 Å². The van der Waals surface area contributed by atoms with E-state index in [1.807, 2.05) is 12.1 Å². The third kappa shape index (κ3) is 3.95. The van der Waals surface area contributed by atoms with E-state index in [0.717, 1.165) is 0 Å². The number of carbonyl (C=O) groups is 1. The van der Waals surface area contributed by atoms with E-state index in [1.165, 1.54) is 6.07 Å². The van der Waals surface area contributed by atoms with Gasteiger partial charge in [-0.25, -0.2) is 4.39 Å². The molecular formula is C16H17FN2O2. The summed E-state index contributed by atoms with van der Waals surface area (Å²) >= 11 is 0. The van der Waals surface area contributed by atoms with Crippen molar-refractivity contribution in [3.05, 3.63) is 59.9 Å². The lowest BCUT2D eigenvalue weighted by Gasteiger charge is -2.12. The molecule has 0 fully saturated rings. The summed E-state index contributed by atoms with van der Waals surface area (Å²) in [7, 11) is 1.58. The second-order valence-electron chi connectivity index (χ2n) is 4.33. The van der Waals surface area contributed by atoms with E-state index >= 15 is 0 Å². The standard InChI is InChI=1S/C16H17FN2O2/c1-18-16(20)12-6-2-4-8-14(12)19-10-11-21-15-9-5-3-7-13(15)17/h2-9,19H,10-11H2,1H3,(H,18,20). The Morgan fingerprint density at radius 1 is 1.14 bits per heavy atom. The Labute approximate surface area is 122 Å². The fourth-order valence-electron chi connectivity index (χ4n) is 1.88. The molecule has 2 N–H and O–H groups in total. The zero-order valence-corrected chi connectivity index (χ0v) is 11.7. The second-order valence-corrected chi connectivity index (χ2v) is 4.33. The number of para-hydroxylation sites is 2. The number of halogens is 1. The molecule has 0 saturated carbocycles. The van der Waals surface area contributed by atoms with Crippen molar-refractivity contribution in [1.29, 1.82) is 0 Å². The van der Waals surface area contributed by atoms with Gasteiger partial charge in [0.15, 0.2) is 11.6 Å². The molecule has 5 heteroatoms. The van der Waals surface area contributed by atoms with Crippen LogP contribution in [0.4, 0.5) is 10.1 Å². The summed E-state index contributed by atoms with van der Waals surface area (Å²) in [5, 5.41) is 5.70. The van der Waals surface area contributed by atoms with Crippen molar-refractivity contribution in [2.45, 2.75) is 0 Å². The van der Waals surface area contributed by atoms with E-state index in [-0.39, 0.29) is 17.5 Å². The van der Waals surface area contributed by atoms with Gasteiger partial charge in [-0.2, -0.15) is 0 Å². The van der Waals surface area contributed by atoms with Crippen molar-refractivity contribution < 1.29 is 13.9 Å². The molecule has 0 spiro atoms. The van der Waals surface area contributed by atoms with Crippen molar-refractivity contribution in [1.82, 2.24) is 5.32 Å². The van der Waals surface area contributed by atoms with Gasteiger partial charge in [0.25, 0.3) is 5.91 Å². The minimum atomic E-state index is -0.386. The van der Waals surface area contributed by atoms with Crippen molar-refractivity contribution in [2.24, 2.45) is 0 Å². The quantitative estimate of drug-likeness (QED) is 0.804. The summed E-state index contributed by atoms with van der Waals surface area (Å²) in [5.74, 6) is -0.324. The highest BCUT2D eigenvalue weighted by atomic mass is 19.1. The van der Waals surface area contributed by atoms with E-state index in [1.54, 1.807) is 37.4 Å². The van der Waals surface area contributed by atoms with Gasteiger partial charge in [0.1, 0.15) is 6.61 Å². The molecule has 0 aliphatic heterocycles. The molecule has 2 aromatic carbocycles. The van der Waals surface area contributed by atoms with Crippen LogP contribution in [0.2, 0.25) is 0 Å². The summed E-state index contributed by atoms with van der Waals surface area (Å²) in [6.45, 7) is 0.755. The Morgan fingerprint density at radius 2 is 1.86 bits per heavy atom. The Kier molecular flexibility index (Phi) is 5.15. The third-order valence-corrected chi connectivity index (χ3v) is 2.91. The SMILES string of the molecule is CNC(=O)c1ccccc1NCCOc1ccccc1F. The molecule has 2 aromatic rings. The van der Waals surface area contributed by atoms with Crippen molar-refractivity contribution in [2.75, 3.05) is 25.5 Å². The summed E-state index contributed by atoms with van der Waals surface area (Å²) in [6.07, 6.45) is 0. The number of carbonyl (C=O) groups excluding carboxylic acids is 1. The number of nitrogens with one attached hydrogen (secondary N) is 2. The van der Waals surface area contributed by atoms with Crippen LogP contribution in [-0.4, -0.2) is 26.1 Å². The zero-order valence-electron chi connectivity index (χ0n) is 11.7. The molecule has 0 atom stereocenters. The van der Waals surface area contributed by atoms with Gasteiger partial charge in [-0.1, -0.05) is 24.3 Å². The van der Waals surface area contributed by atoms with E-state index in [0.29, 0.717) is 24.4 Å². The Morgan fingerprint density at radius 3 is 2.62 bits per heavy atom. The first-order chi connectivity index (χ1) is 10.2. The summed E-state index contributed by atoms with van der Waals surface area (Å²) in [6, 6.07) is 13.4. The van der Waals surface area contributed by atoms with Crippen LogP contribution in [-0.2, 0) is 0 Å². The predicted molar refractivity (Wildman–Crippen MR) is 80.2 cm³/mol. The predicted octanol–water partition coefficient (Wildman–Crippen LogP) is 2.68. The van der Waals surface area contributed by atoms with E-state index in [2.05, 4.69) is 10.6 Å². The van der Waals surface area contributed by atoms with E-state index in [4.69, 9.17) is 4.74 Å². The smallest absolute Gasteiger partial charge is 0.253 e. The molecule has 2 rings (SSSR count). The highest BCUT2D eigenvalue weighted by molar-refractivity contribution is 5.99. The van der Waals surface area contributed by atoms with Crippen LogP contribution in [0.5, 0.6) is 5.75 Å². The molecule has 0 bridgehead atoms. The lowest BCUT2D eigenvalue weighted by atomic mass is 10.1. The molecule has 0 aliphatic rings. The average molecular weight is 288 g/mol. The number of hydrogen-bond acceptors (Lipinski definition) is 3. The molecule has 110 valence electrons. The molecule has 0 unspecified atom stereocenters. The molecule has 1 amide bonds. The van der Waals surface area contributed by atoms with Crippen LogP contribution < -0.4 is 15.4 Å². The monoisotopic (exact) mass is 288 g/mol. The van der Waals surface area contributed by atoms with Gasteiger partial charge in [-0.3, -0.25) is 4.79 Å². The van der Waals surface area contributed by atoms with Crippen molar-refractivity contribution in [3.63, 3.8) is 0 Å². The third-order valence-electron chi connectivity index (χ3n) is 2.91. The van der Waals surface area contributed by atoms with Gasteiger partial charge in [0, 0.05) is 19.3 Å². The number of hydrogen-bond donors (Lipinski definition) is 2. The lowest BCUT2D eigenvalue weighted by molar-refractivity contribution is 0.0964. The van der Waals surface area contributed by atoms with E-state index in [9.17, 15) is 9.18 Å². The van der Waals surface area contributed by atoms with Crippen LogP contribution in [0.3, 0.4) is 0 Å².